The molecule has 0 aliphatic rings. The molecule has 1 heterocycles. The Morgan fingerprint density at radius 1 is 0.818 bits per heavy atom. The molecule has 0 unspecified atom stereocenters. The molecule has 3 N–H and O–H groups in total. The van der Waals surface area contributed by atoms with Crippen LogP contribution >= 0.6 is 12.2 Å². The fraction of sp³-hybridized carbons (Fsp3) is 0. The number of benzene rings is 2. The molecule has 0 spiro atoms. The standard InChI is InChI=1S/C17H14N4S/c18-16(22)21-17-19-14(12-7-3-1-4-8-12)11-15(20-17)13-9-5-2-6-10-13/h1-11H,(H3,18,19,20,21,22). The number of thiocarbonyl (C=S) groups is 1. The van der Waals surface area contributed by atoms with Crippen molar-refractivity contribution in [1.82, 2.24) is 9.97 Å². The lowest BCUT2D eigenvalue weighted by atomic mass is 10.1. The summed E-state index contributed by atoms with van der Waals surface area (Å²) >= 11 is 4.88. The molecule has 2 aromatic carbocycles. The Balaban J connectivity index is 2.12. The van der Waals surface area contributed by atoms with E-state index in [9.17, 15) is 0 Å². The van der Waals surface area contributed by atoms with E-state index in [1.165, 1.54) is 0 Å². The Bertz CT molecular complexity index is 731. The summed E-state index contributed by atoms with van der Waals surface area (Å²) < 4.78 is 0. The summed E-state index contributed by atoms with van der Waals surface area (Å²) in [7, 11) is 0. The second-order valence-corrected chi connectivity index (χ2v) is 5.12. The van der Waals surface area contributed by atoms with Crippen LogP contribution in [0.3, 0.4) is 0 Å². The molecule has 0 radical (unpaired) electrons. The van der Waals surface area contributed by atoms with Gasteiger partial charge in [0.15, 0.2) is 5.11 Å². The first-order chi connectivity index (χ1) is 10.7. The maximum absolute atomic E-state index is 5.54. The molecule has 0 fully saturated rings. The van der Waals surface area contributed by atoms with Gasteiger partial charge in [-0.05, 0) is 18.3 Å². The molecule has 22 heavy (non-hydrogen) atoms. The monoisotopic (exact) mass is 306 g/mol. The van der Waals surface area contributed by atoms with Gasteiger partial charge in [-0.15, -0.1) is 0 Å². The van der Waals surface area contributed by atoms with Crippen LogP contribution in [0.2, 0.25) is 0 Å². The second-order valence-electron chi connectivity index (χ2n) is 4.68. The maximum Gasteiger partial charge on any atom is 0.230 e. The minimum atomic E-state index is 0.143. The summed E-state index contributed by atoms with van der Waals surface area (Å²) in [4.78, 5) is 8.96. The SMILES string of the molecule is NC(=S)Nc1nc(-c2ccccc2)cc(-c2ccccc2)n1. The second kappa shape index (κ2) is 6.32. The van der Waals surface area contributed by atoms with Crippen molar-refractivity contribution >= 4 is 23.3 Å². The predicted octanol–water partition coefficient (Wildman–Crippen LogP) is 3.47. The van der Waals surface area contributed by atoms with E-state index in [0.717, 1.165) is 22.5 Å². The lowest BCUT2D eigenvalue weighted by Crippen LogP contribution is -2.20. The Morgan fingerprint density at radius 3 is 1.68 bits per heavy atom. The third-order valence-corrected chi connectivity index (χ3v) is 3.20. The van der Waals surface area contributed by atoms with Gasteiger partial charge in [0, 0.05) is 11.1 Å². The minimum Gasteiger partial charge on any atom is -0.376 e. The van der Waals surface area contributed by atoms with E-state index in [-0.39, 0.29) is 5.11 Å². The zero-order valence-corrected chi connectivity index (χ0v) is 12.5. The van der Waals surface area contributed by atoms with Gasteiger partial charge in [-0.2, -0.15) is 0 Å². The molecule has 4 nitrogen and oxygen atoms in total. The summed E-state index contributed by atoms with van der Waals surface area (Å²) in [6.45, 7) is 0. The first-order valence-corrected chi connectivity index (χ1v) is 7.19. The molecule has 0 bridgehead atoms. The number of hydrogen-bond acceptors (Lipinski definition) is 3. The Labute approximate surface area is 134 Å². The first-order valence-electron chi connectivity index (χ1n) is 6.79. The molecular formula is C17H14N4S. The molecule has 0 amide bonds. The van der Waals surface area contributed by atoms with Crippen LogP contribution in [0.1, 0.15) is 0 Å². The fourth-order valence-electron chi connectivity index (χ4n) is 2.13. The molecule has 0 atom stereocenters. The van der Waals surface area contributed by atoms with Crippen molar-refractivity contribution in [3.8, 4) is 22.5 Å². The van der Waals surface area contributed by atoms with E-state index < -0.39 is 0 Å². The molecule has 5 heteroatoms. The lowest BCUT2D eigenvalue weighted by Gasteiger charge is -2.09. The smallest absolute Gasteiger partial charge is 0.230 e. The molecule has 0 saturated carbocycles. The van der Waals surface area contributed by atoms with Crippen molar-refractivity contribution in [2.75, 3.05) is 5.32 Å². The lowest BCUT2D eigenvalue weighted by molar-refractivity contribution is 1.18. The molecule has 1 aromatic heterocycles. The van der Waals surface area contributed by atoms with E-state index in [2.05, 4.69) is 15.3 Å². The van der Waals surface area contributed by atoms with Crippen LogP contribution in [0.5, 0.6) is 0 Å². The summed E-state index contributed by atoms with van der Waals surface area (Å²) in [6, 6.07) is 21.8. The normalized spacial score (nSPS) is 10.2. The fourth-order valence-corrected chi connectivity index (χ4v) is 2.22. The summed E-state index contributed by atoms with van der Waals surface area (Å²) in [5.41, 5.74) is 9.18. The van der Waals surface area contributed by atoms with Gasteiger partial charge in [-0.25, -0.2) is 9.97 Å². The largest absolute Gasteiger partial charge is 0.376 e. The minimum absolute atomic E-state index is 0.143. The molecule has 0 aliphatic heterocycles. The highest BCUT2D eigenvalue weighted by Crippen LogP contribution is 2.24. The number of nitrogens with zero attached hydrogens (tertiary/aromatic N) is 2. The van der Waals surface area contributed by atoms with Gasteiger partial charge in [-0.1, -0.05) is 60.7 Å². The summed E-state index contributed by atoms with van der Waals surface area (Å²) in [5, 5.41) is 2.95. The highest BCUT2D eigenvalue weighted by Gasteiger charge is 2.08. The van der Waals surface area contributed by atoms with E-state index in [1.807, 2.05) is 66.7 Å². The zero-order valence-electron chi connectivity index (χ0n) is 11.7. The van der Waals surface area contributed by atoms with Crippen LogP contribution in [-0.2, 0) is 0 Å². The van der Waals surface area contributed by atoms with Gasteiger partial charge in [0.05, 0.1) is 11.4 Å². The van der Waals surface area contributed by atoms with Crippen LogP contribution in [0.25, 0.3) is 22.5 Å². The number of rotatable bonds is 3. The number of aromatic nitrogens is 2. The van der Waals surface area contributed by atoms with Crippen molar-refractivity contribution in [3.63, 3.8) is 0 Å². The van der Waals surface area contributed by atoms with E-state index in [1.54, 1.807) is 0 Å². The highest BCUT2D eigenvalue weighted by atomic mass is 32.1. The van der Waals surface area contributed by atoms with Gasteiger partial charge in [0.1, 0.15) is 0 Å². The molecule has 0 saturated heterocycles. The van der Waals surface area contributed by atoms with Crippen molar-refractivity contribution in [2.24, 2.45) is 5.73 Å². The Morgan fingerprint density at radius 2 is 1.27 bits per heavy atom. The maximum atomic E-state index is 5.54. The molecular weight excluding hydrogens is 292 g/mol. The van der Waals surface area contributed by atoms with Gasteiger partial charge >= 0.3 is 0 Å². The van der Waals surface area contributed by atoms with E-state index in [4.69, 9.17) is 18.0 Å². The van der Waals surface area contributed by atoms with Gasteiger partial charge in [-0.3, -0.25) is 0 Å². The number of hydrogen-bond donors (Lipinski definition) is 2. The third kappa shape index (κ3) is 3.27. The van der Waals surface area contributed by atoms with Crippen LogP contribution < -0.4 is 11.1 Å². The third-order valence-electron chi connectivity index (χ3n) is 3.10. The van der Waals surface area contributed by atoms with Gasteiger partial charge < -0.3 is 11.1 Å². The molecule has 3 aromatic rings. The Kier molecular flexibility index (Phi) is 4.07. The van der Waals surface area contributed by atoms with Crippen molar-refractivity contribution in [2.45, 2.75) is 0 Å². The van der Waals surface area contributed by atoms with Crippen molar-refractivity contribution < 1.29 is 0 Å². The Hall–Kier alpha value is -2.79. The van der Waals surface area contributed by atoms with Crippen LogP contribution in [0, 0.1) is 0 Å². The average molecular weight is 306 g/mol. The molecule has 108 valence electrons. The average Bonchev–Trinajstić information content (AvgIpc) is 2.55. The summed E-state index contributed by atoms with van der Waals surface area (Å²) in [6.07, 6.45) is 0. The number of nitrogens with two attached hydrogens (primary N) is 1. The van der Waals surface area contributed by atoms with Crippen LogP contribution in [-0.4, -0.2) is 15.1 Å². The van der Waals surface area contributed by atoms with Crippen molar-refractivity contribution in [1.29, 1.82) is 0 Å². The van der Waals surface area contributed by atoms with Gasteiger partial charge in [0.2, 0.25) is 5.95 Å². The van der Waals surface area contributed by atoms with Crippen LogP contribution in [0.15, 0.2) is 66.7 Å². The molecule has 0 aliphatic carbocycles. The topological polar surface area (TPSA) is 63.8 Å². The molecule has 3 rings (SSSR count). The predicted molar refractivity (Wildman–Crippen MR) is 93.3 cm³/mol. The quantitative estimate of drug-likeness (QED) is 0.725. The first kappa shape index (κ1) is 14.2. The number of anilines is 1. The summed E-state index contributed by atoms with van der Waals surface area (Å²) in [5.74, 6) is 0.396. The van der Waals surface area contributed by atoms with E-state index in [0.29, 0.717) is 5.95 Å². The zero-order chi connectivity index (χ0) is 15.4. The number of nitrogens with one attached hydrogen (secondary N) is 1. The van der Waals surface area contributed by atoms with Crippen LogP contribution in [0.4, 0.5) is 5.95 Å². The van der Waals surface area contributed by atoms with Crippen molar-refractivity contribution in [3.05, 3.63) is 66.7 Å². The highest BCUT2D eigenvalue weighted by molar-refractivity contribution is 7.80. The van der Waals surface area contributed by atoms with Gasteiger partial charge in [0.25, 0.3) is 0 Å². The van der Waals surface area contributed by atoms with E-state index >= 15 is 0 Å².